The Labute approximate surface area is 153 Å². The van der Waals surface area contributed by atoms with Gasteiger partial charge in [-0.25, -0.2) is 4.79 Å². The van der Waals surface area contributed by atoms with Gasteiger partial charge in [-0.15, -0.1) is 0 Å². The molecule has 1 aliphatic heterocycles. The Balaban J connectivity index is 1.88. The number of nitrogens with zero attached hydrogens (tertiary/aromatic N) is 1. The molecule has 0 radical (unpaired) electrons. The summed E-state index contributed by atoms with van der Waals surface area (Å²) in [6.07, 6.45) is 0. The van der Waals surface area contributed by atoms with Crippen LogP contribution in [0.3, 0.4) is 0 Å². The fourth-order valence-electron chi connectivity index (χ4n) is 3.13. The van der Waals surface area contributed by atoms with Crippen LogP contribution in [0.25, 0.3) is 0 Å². The van der Waals surface area contributed by atoms with Gasteiger partial charge in [0.2, 0.25) is 0 Å². The van der Waals surface area contributed by atoms with E-state index in [9.17, 15) is 14.4 Å². The van der Waals surface area contributed by atoms with E-state index in [0.717, 1.165) is 20.8 Å². The molecule has 0 bridgehead atoms. The third kappa shape index (κ3) is 2.89. The number of H-pyrrole nitrogens is 1. The number of urea groups is 1. The first-order valence-corrected chi connectivity index (χ1v) is 8.62. The Morgan fingerprint density at radius 1 is 1.24 bits per heavy atom. The summed E-state index contributed by atoms with van der Waals surface area (Å²) in [6.45, 7) is 4.99. The Bertz CT molecular complexity index is 889. The van der Waals surface area contributed by atoms with Crippen LogP contribution in [0.2, 0.25) is 0 Å². The summed E-state index contributed by atoms with van der Waals surface area (Å²) < 4.78 is 0.719. The van der Waals surface area contributed by atoms with Crippen LogP contribution in [0.5, 0.6) is 0 Å². The minimum absolute atomic E-state index is 0.276. The Morgan fingerprint density at radius 2 is 1.92 bits per heavy atom. The first kappa shape index (κ1) is 17.4. The number of rotatable bonds is 4. The van der Waals surface area contributed by atoms with Gasteiger partial charge in [-0.05, 0) is 32.9 Å². The molecule has 1 aromatic carbocycles. The molecular formula is C18H18BrN3O3. The second kappa shape index (κ2) is 6.15. The maximum absolute atomic E-state index is 12.9. The standard InChI is InChI=1S/C18H18BrN3O3/c1-10-8-12(11(2)20-10)15(23)9-22-16(24)18(3,21-17(22)25)13-6-4-5-7-14(13)19/h4-8,20H,9H2,1-3H3,(H,21,25). The predicted molar refractivity (Wildman–Crippen MR) is 96.3 cm³/mol. The van der Waals surface area contributed by atoms with Gasteiger partial charge in [0.05, 0.1) is 6.54 Å². The monoisotopic (exact) mass is 403 g/mol. The van der Waals surface area contributed by atoms with E-state index in [2.05, 4.69) is 26.2 Å². The number of imide groups is 1. The smallest absolute Gasteiger partial charge is 0.325 e. The van der Waals surface area contributed by atoms with E-state index in [0.29, 0.717) is 11.1 Å². The van der Waals surface area contributed by atoms with Gasteiger partial charge < -0.3 is 10.3 Å². The number of aromatic amines is 1. The number of benzene rings is 1. The highest BCUT2D eigenvalue weighted by Crippen LogP contribution is 2.33. The van der Waals surface area contributed by atoms with E-state index in [4.69, 9.17) is 0 Å². The van der Waals surface area contributed by atoms with Gasteiger partial charge in [0.15, 0.2) is 5.78 Å². The van der Waals surface area contributed by atoms with Gasteiger partial charge in [0.25, 0.3) is 5.91 Å². The molecule has 2 N–H and O–H groups in total. The third-order valence-electron chi connectivity index (χ3n) is 4.44. The van der Waals surface area contributed by atoms with Gasteiger partial charge in [-0.2, -0.15) is 0 Å². The lowest BCUT2D eigenvalue weighted by Gasteiger charge is -2.23. The molecule has 3 rings (SSSR count). The number of aryl methyl sites for hydroxylation is 2. The summed E-state index contributed by atoms with van der Waals surface area (Å²) in [7, 11) is 0. The molecule has 6 nitrogen and oxygen atoms in total. The molecule has 1 unspecified atom stereocenters. The van der Waals surface area contributed by atoms with Crippen molar-refractivity contribution in [1.29, 1.82) is 0 Å². The Kier molecular flexibility index (Phi) is 4.28. The van der Waals surface area contributed by atoms with Crippen LogP contribution in [-0.2, 0) is 10.3 Å². The number of aromatic nitrogens is 1. The van der Waals surface area contributed by atoms with E-state index < -0.39 is 17.5 Å². The van der Waals surface area contributed by atoms with Crippen molar-refractivity contribution in [3.8, 4) is 0 Å². The van der Waals surface area contributed by atoms with Gasteiger partial charge in [0.1, 0.15) is 5.54 Å². The highest BCUT2D eigenvalue weighted by molar-refractivity contribution is 9.10. The van der Waals surface area contributed by atoms with Crippen molar-refractivity contribution in [3.05, 3.63) is 57.3 Å². The first-order chi connectivity index (χ1) is 11.7. The number of amides is 3. The fraction of sp³-hybridized carbons (Fsp3) is 0.278. The molecule has 130 valence electrons. The van der Waals surface area contributed by atoms with Crippen LogP contribution in [0, 0.1) is 13.8 Å². The number of nitrogens with one attached hydrogen (secondary N) is 2. The molecule has 7 heteroatoms. The van der Waals surface area contributed by atoms with Gasteiger partial charge in [0, 0.05) is 27.0 Å². The lowest BCUT2D eigenvalue weighted by atomic mass is 9.92. The molecule has 0 aliphatic carbocycles. The van der Waals surface area contributed by atoms with Gasteiger partial charge in [-0.3, -0.25) is 14.5 Å². The highest BCUT2D eigenvalue weighted by atomic mass is 79.9. The van der Waals surface area contributed by atoms with Crippen LogP contribution in [0.4, 0.5) is 4.79 Å². The topological polar surface area (TPSA) is 82.3 Å². The van der Waals surface area contributed by atoms with Crippen LogP contribution < -0.4 is 5.32 Å². The predicted octanol–water partition coefficient (Wildman–Crippen LogP) is 3.04. The molecule has 25 heavy (non-hydrogen) atoms. The summed E-state index contributed by atoms with van der Waals surface area (Å²) in [6, 6.07) is 8.36. The van der Waals surface area contributed by atoms with E-state index in [1.165, 1.54) is 0 Å². The first-order valence-electron chi connectivity index (χ1n) is 7.82. The largest absolute Gasteiger partial charge is 0.362 e. The normalized spacial score (nSPS) is 20.1. The zero-order chi connectivity index (χ0) is 18.4. The van der Waals surface area contributed by atoms with Crippen LogP contribution in [0.1, 0.15) is 34.2 Å². The minimum atomic E-state index is -1.21. The van der Waals surface area contributed by atoms with E-state index in [1.807, 2.05) is 13.0 Å². The van der Waals surface area contributed by atoms with Crippen LogP contribution >= 0.6 is 15.9 Å². The number of carbonyl (C=O) groups excluding carboxylic acids is 3. The number of carbonyl (C=O) groups is 3. The maximum Gasteiger partial charge on any atom is 0.325 e. The average molecular weight is 404 g/mol. The lowest BCUT2D eigenvalue weighted by Crippen LogP contribution is -2.41. The van der Waals surface area contributed by atoms with Crippen molar-refractivity contribution in [2.75, 3.05) is 6.54 Å². The molecule has 2 aromatic rings. The molecule has 1 aliphatic rings. The van der Waals surface area contributed by atoms with E-state index >= 15 is 0 Å². The summed E-state index contributed by atoms with van der Waals surface area (Å²) in [4.78, 5) is 41.8. The van der Waals surface area contributed by atoms with E-state index in [-0.39, 0.29) is 12.3 Å². The van der Waals surface area contributed by atoms with E-state index in [1.54, 1.807) is 38.1 Å². The third-order valence-corrected chi connectivity index (χ3v) is 5.13. The average Bonchev–Trinajstić information content (AvgIpc) is 2.99. The number of Topliss-reactive ketones (excluding diaryl/α,β-unsaturated/α-hetero) is 1. The zero-order valence-corrected chi connectivity index (χ0v) is 15.7. The SMILES string of the molecule is Cc1cc(C(=O)CN2C(=O)NC(C)(c3ccccc3Br)C2=O)c(C)[nH]1. The van der Waals surface area contributed by atoms with Crippen molar-refractivity contribution < 1.29 is 14.4 Å². The maximum atomic E-state index is 12.9. The Hall–Kier alpha value is -2.41. The quantitative estimate of drug-likeness (QED) is 0.607. The van der Waals surface area contributed by atoms with Crippen molar-refractivity contribution in [2.24, 2.45) is 0 Å². The summed E-state index contributed by atoms with van der Waals surface area (Å²) >= 11 is 3.42. The summed E-state index contributed by atoms with van der Waals surface area (Å²) in [5, 5.41) is 2.71. The minimum Gasteiger partial charge on any atom is -0.362 e. The molecule has 1 aromatic heterocycles. The summed E-state index contributed by atoms with van der Waals surface area (Å²) in [5.74, 6) is -0.718. The van der Waals surface area contributed by atoms with Crippen LogP contribution in [0.15, 0.2) is 34.8 Å². The second-order valence-electron chi connectivity index (χ2n) is 6.34. The Morgan fingerprint density at radius 3 is 2.52 bits per heavy atom. The fourth-order valence-corrected chi connectivity index (χ4v) is 3.81. The van der Waals surface area contributed by atoms with Gasteiger partial charge in [-0.1, -0.05) is 34.1 Å². The van der Waals surface area contributed by atoms with Crippen molar-refractivity contribution in [1.82, 2.24) is 15.2 Å². The molecule has 1 fully saturated rings. The number of halogens is 1. The van der Waals surface area contributed by atoms with Crippen molar-refractivity contribution in [3.63, 3.8) is 0 Å². The van der Waals surface area contributed by atoms with Crippen molar-refractivity contribution >= 4 is 33.7 Å². The molecule has 2 heterocycles. The number of hydrogen-bond donors (Lipinski definition) is 2. The molecule has 1 saturated heterocycles. The summed E-state index contributed by atoms with van der Waals surface area (Å²) in [5.41, 5.74) is 1.52. The zero-order valence-electron chi connectivity index (χ0n) is 14.1. The molecule has 3 amide bonds. The molecule has 0 spiro atoms. The number of hydrogen-bond acceptors (Lipinski definition) is 3. The van der Waals surface area contributed by atoms with Crippen molar-refractivity contribution in [2.45, 2.75) is 26.3 Å². The van der Waals surface area contributed by atoms with Gasteiger partial charge >= 0.3 is 6.03 Å². The molecule has 0 saturated carbocycles. The number of ketones is 1. The lowest BCUT2D eigenvalue weighted by molar-refractivity contribution is -0.130. The second-order valence-corrected chi connectivity index (χ2v) is 7.19. The molecule has 1 atom stereocenters. The van der Waals surface area contributed by atoms with Crippen LogP contribution in [-0.4, -0.2) is 34.2 Å². The molecular weight excluding hydrogens is 386 g/mol. The highest BCUT2D eigenvalue weighted by Gasteiger charge is 2.50.